The molecule has 1 aromatic heterocycles. The van der Waals surface area contributed by atoms with Gasteiger partial charge < -0.3 is 10.5 Å². The number of aromatic nitrogens is 1. The molecule has 1 unspecified atom stereocenters. The number of hydrogen-bond acceptors (Lipinski definition) is 5. The minimum Gasteiger partial charge on any atom is -0.384 e. The summed E-state index contributed by atoms with van der Waals surface area (Å²) < 4.78 is 31.4. The van der Waals surface area contributed by atoms with E-state index in [-0.39, 0.29) is 16.8 Å². The molecule has 0 aliphatic carbocycles. The van der Waals surface area contributed by atoms with Crippen LogP contribution in [0, 0.1) is 0 Å². The smallest absolute Gasteiger partial charge is 0.241 e. The van der Waals surface area contributed by atoms with Gasteiger partial charge in [0, 0.05) is 25.4 Å². The standard InChI is InChI=1S/C10H17N3O3S/c1-3-8(7-16-2)13-17(14,15)9-4-5-12-10(11)6-9/h4-6,8,13H,3,7H2,1-2H3,(H2,11,12). The van der Waals surface area contributed by atoms with Crippen molar-refractivity contribution in [3.8, 4) is 0 Å². The summed E-state index contributed by atoms with van der Waals surface area (Å²) in [6.45, 7) is 2.21. The molecular formula is C10H17N3O3S. The molecule has 17 heavy (non-hydrogen) atoms. The number of methoxy groups -OCH3 is 1. The molecule has 1 atom stereocenters. The van der Waals surface area contributed by atoms with Crippen molar-refractivity contribution in [2.24, 2.45) is 0 Å². The van der Waals surface area contributed by atoms with Gasteiger partial charge in [-0.3, -0.25) is 0 Å². The molecule has 0 aromatic carbocycles. The Bertz CT molecular complexity index is 462. The number of sulfonamides is 1. The zero-order chi connectivity index (χ0) is 12.9. The van der Waals surface area contributed by atoms with Gasteiger partial charge in [-0.2, -0.15) is 0 Å². The van der Waals surface area contributed by atoms with Crippen LogP contribution in [0.4, 0.5) is 5.82 Å². The zero-order valence-electron chi connectivity index (χ0n) is 9.88. The Balaban J connectivity index is 2.88. The number of rotatable bonds is 6. The minimum absolute atomic E-state index is 0.111. The Hall–Kier alpha value is -1.18. The van der Waals surface area contributed by atoms with Crippen LogP contribution in [0.2, 0.25) is 0 Å². The first-order valence-corrected chi connectivity index (χ1v) is 6.70. The van der Waals surface area contributed by atoms with Crippen molar-refractivity contribution >= 4 is 15.8 Å². The van der Waals surface area contributed by atoms with Gasteiger partial charge in [-0.25, -0.2) is 18.1 Å². The van der Waals surface area contributed by atoms with Crippen LogP contribution >= 0.6 is 0 Å². The summed E-state index contributed by atoms with van der Waals surface area (Å²) >= 11 is 0. The SMILES string of the molecule is CCC(COC)NS(=O)(=O)c1ccnc(N)c1. The number of ether oxygens (including phenoxy) is 1. The average Bonchev–Trinajstić information content (AvgIpc) is 2.28. The van der Waals surface area contributed by atoms with Gasteiger partial charge in [0.15, 0.2) is 0 Å². The summed E-state index contributed by atoms with van der Waals surface area (Å²) in [7, 11) is -2.04. The molecule has 0 radical (unpaired) electrons. The summed E-state index contributed by atoms with van der Waals surface area (Å²) in [4.78, 5) is 3.86. The molecule has 1 rings (SSSR count). The van der Waals surface area contributed by atoms with Crippen LogP contribution in [0.3, 0.4) is 0 Å². The van der Waals surface area contributed by atoms with E-state index in [9.17, 15) is 8.42 Å². The van der Waals surface area contributed by atoms with Crippen LogP contribution in [-0.2, 0) is 14.8 Å². The largest absolute Gasteiger partial charge is 0.384 e. The first-order valence-electron chi connectivity index (χ1n) is 5.22. The van der Waals surface area contributed by atoms with E-state index in [4.69, 9.17) is 10.5 Å². The summed E-state index contributed by atoms with van der Waals surface area (Å²) in [5.74, 6) is 0.174. The second-order valence-corrected chi connectivity index (χ2v) is 5.31. The Morgan fingerprint density at radius 1 is 1.59 bits per heavy atom. The van der Waals surface area contributed by atoms with E-state index >= 15 is 0 Å². The predicted molar refractivity (Wildman–Crippen MR) is 64.9 cm³/mol. The number of nitrogens with zero attached hydrogens (tertiary/aromatic N) is 1. The highest BCUT2D eigenvalue weighted by atomic mass is 32.2. The maximum absolute atomic E-state index is 12.0. The first-order chi connectivity index (χ1) is 7.99. The Morgan fingerprint density at radius 3 is 2.82 bits per heavy atom. The summed E-state index contributed by atoms with van der Waals surface area (Å²) in [5.41, 5.74) is 5.45. The van der Waals surface area contributed by atoms with E-state index in [0.717, 1.165) is 0 Å². The van der Waals surface area contributed by atoms with Crippen molar-refractivity contribution in [3.05, 3.63) is 18.3 Å². The number of anilines is 1. The molecule has 0 saturated carbocycles. The van der Waals surface area contributed by atoms with E-state index in [1.54, 1.807) is 0 Å². The maximum Gasteiger partial charge on any atom is 0.241 e. The van der Waals surface area contributed by atoms with Crippen LogP contribution in [-0.4, -0.2) is 33.2 Å². The highest BCUT2D eigenvalue weighted by Crippen LogP contribution is 2.11. The third kappa shape index (κ3) is 3.95. The number of pyridine rings is 1. The lowest BCUT2D eigenvalue weighted by molar-refractivity contribution is 0.173. The minimum atomic E-state index is -3.57. The Labute approximate surface area is 101 Å². The van der Waals surface area contributed by atoms with E-state index in [1.165, 1.54) is 25.4 Å². The lowest BCUT2D eigenvalue weighted by Gasteiger charge is -2.16. The molecule has 0 saturated heterocycles. The fourth-order valence-corrected chi connectivity index (χ4v) is 2.64. The van der Waals surface area contributed by atoms with E-state index < -0.39 is 10.0 Å². The molecule has 96 valence electrons. The molecule has 3 N–H and O–H groups in total. The van der Waals surface area contributed by atoms with Crippen molar-refractivity contribution in [2.45, 2.75) is 24.3 Å². The number of nitrogens with one attached hydrogen (secondary N) is 1. The van der Waals surface area contributed by atoms with Gasteiger partial charge in [-0.1, -0.05) is 6.92 Å². The fourth-order valence-electron chi connectivity index (χ4n) is 1.32. The van der Waals surface area contributed by atoms with Crippen LogP contribution in [0.25, 0.3) is 0 Å². The third-order valence-electron chi connectivity index (χ3n) is 2.25. The second-order valence-electron chi connectivity index (χ2n) is 3.60. The monoisotopic (exact) mass is 259 g/mol. The highest BCUT2D eigenvalue weighted by molar-refractivity contribution is 7.89. The van der Waals surface area contributed by atoms with Crippen LogP contribution in [0.1, 0.15) is 13.3 Å². The maximum atomic E-state index is 12.0. The number of hydrogen-bond donors (Lipinski definition) is 2. The van der Waals surface area contributed by atoms with Crippen molar-refractivity contribution in [3.63, 3.8) is 0 Å². The van der Waals surface area contributed by atoms with Crippen LogP contribution < -0.4 is 10.5 Å². The predicted octanol–water partition coefficient (Wildman–Crippen LogP) is 0.367. The van der Waals surface area contributed by atoms with Crippen molar-refractivity contribution in [1.82, 2.24) is 9.71 Å². The van der Waals surface area contributed by atoms with Gasteiger partial charge in [0.2, 0.25) is 10.0 Å². The number of nitrogen functional groups attached to an aromatic ring is 1. The molecule has 7 heteroatoms. The highest BCUT2D eigenvalue weighted by Gasteiger charge is 2.19. The quantitative estimate of drug-likeness (QED) is 0.769. The molecule has 0 amide bonds. The summed E-state index contributed by atoms with van der Waals surface area (Å²) in [6, 6.07) is 2.47. The molecule has 0 bridgehead atoms. The molecule has 0 fully saturated rings. The topological polar surface area (TPSA) is 94.3 Å². The molecule has 6 nitrogen and oxygen atoms in total. The molecule has 1 aromatic rings. The van der Waals surface area contributed by atoms with Gasteiger partial charge in [0.25, 0.3) is 0 Å². The van der Waals surface area contributed by atoms with Crippen LogP contribution in [0.15, 0.2) is 23.2 Å². The molecule has 1 heterocycles. The third-order valence-corrected chi connectivity index (χ3v) is 3.76. The molecule has 0 aliphatic rings. The van der Waals surface area contributed by atoms with E-state index in [0.29, 0.717) is 13.0 Å². The Kier molecular flexibility index (Phi) is 4.86. The van der Waals surface area contributed by atoms with Gasteiger partial charge in [0.1, 0.15) is 5.82 Å². The van der Waals surface area contributed by atoms with Crippen LogP contribution in [0.5, 0.6) is 0 Å². The van der Waals surface area contributed by atoms with E-state index in [2.05, 4.69) is 9.71 Å². The van der Waals surface area contributed by atoms with Gasteiger partial charge >= 0.3 is 0 Å². The lowest BCUT2D eigenvalue weighted by atomic mass is 10.3. The second kappa shape index (κ2) is 5.95. The van der Waals surface area contributed by atoms with Gasteiger partial charge in [0.05, 0.1) is 11.5 Å². The van der Waals surface area contributed by atoms with Crippen molar-refractivity contribution in [2.75, 3.05) is 19.5 Å². The van der Waals surface area contributed by atoms with E-state index in [1.807, 2.05) is 6.92 Å². The number of nitrogens with two attached hydrogens (primary N) is 1. The van der Waals surface area contributed by atoms with Gasteiger partial charge in [-0.05, 0) is 12.5 Å². The Morgan fingerprint density at radius 2 is 2.29 bits per heavy atom. The normalized spacial score (nSPS) is 13.5. The average molecular weight is 259 g/mol. The molecule has 0 aliphatic heterocycles. The fraction of sp³-hybridized carbons (Fsp3) is 0.500. The van der Waals surface area contributed by atoms with Gasteiger partial charge in [-0.15, -0.1) is 0 Å². The summed E-state index contributed by atoms with van der Waals surface area (Å²) in [5, 5.41) is 0. The van der Waals surface area contributed by atoms with Crippen molar-refractivity contribution < 1.29 is 13.2 Å². The lowest BCUT2D eigenvalue weighted by Crippen LogP contribution is -2.37. The zero-order valence-corrected chi connectivity index (χ0v) is 10.7. The molecular weight excluding hydrogens is 242 g/mol. The van der Waals surface area contributed by atoms with Crippen molar-refractivity contribution in [1.29, 1.82) is 0 Å². The summed E-state index contributed by atoms with van der Waals surface area (Å²) in [6.07, 6.45) is 2.01. The molecule has 0 spiro atoms. The first kappa shape index (κ1) is 13.9.